The minimum atomic E-state index is -3.46. The Labute approximate surface area is 131 Å². The summed E-state index contributed by atoms with van der Waals surface area (Å²) in [6, 6.07) is 14.7. The first-order chi connectivity index (χ1) is 10.5. The maximum Gasteiger partial charge on any atom is 0.240 e. The molecule has 1 aliphatic rings. The zero-order chi connectivity index (χ0) is 15.6. The number of nitrogens with one attached hydrogen (secondary N) is 1. The van der Waals surface area contributed by atoms with Gasteiger partial charge in [-0.05, 0) is 37.1 Å². The van der Waals surface area contributed by atoms with Crippen LogP contribution >= 0.6 is 0 Å². The van der Waals surface area contributed by atoms with Crippen molar-refractivity contribution in [2.24, 2.45) is 5.92 Å². The lowest BCUT2D eigenvalue weighted by Gasteiger charge is -2.25. The fourth-order valence-corrected chi connectivity index (χ4v) is 3.67. The molecule has 0 fully saturated rings. The maximum absolute atomic E-state index is 12.3. The van der Waals surface area contributed by atoms with Gasteiger partial charge in [-0.2, -0.15) is 0 Å². The van der Waals surface area contributed by atoms with Crippen LogP contribution in [0.3, 0.4) is 0 Å². The van der Waals surface area contributed by atoms with Gasteiger partial charge < -0.3 is 4.74 Å². The molecule has 5 heteroatoms. The number of aryl methyl sites for hydroxylation is 1. The summed E-state index contributed by atoms with van der Waals surface area (Å²) in [5.41, 5.74) is 2.17. The molecule has 0 bridgehead atoms. The lowest BCUT2D eigenvalue weighted by atomic mass is 9.97. The molecule has 0 saturated carbocycles. The molecule has 1 atom stereocenters. The first kappa shape index (κ1) is 15.1. The number of fused-ring (bicyclic) bond motifs is 1. The van der Waals surface area contributed by atoms with Gasteiger partial charge in [-0.3, -0.25) is 0 Å². The predicted octanol–water partition coefficient (Wildman–Crippen LogP) is 2.52. The Hall–Kier alpha value is -1.85. The Balaban J connectivity index is 1.64. The van der Waals surface area contributed by atoms with Gasteiger partial charge in [0.15, 0.2) is 0 Å². The Morgan fingerprint density at radius 1 is 1.14 bits per heavy atom. The number of sulfonamides is 1. The van der Waals surface area contributed by atoms with Crippen molar-refractivity contribution in [1.82, 2.24) is 4.72 Å². The van der Waals surface area contributed by atoms with Gasteiger partial charge in [0.25, 0.3) is 0 Å². The van der Waals surface area contributed by atoms with Crippen molar-refractivity contribution >= 4 is 10.0 Å². The molecular formula is C17H19NO3S. The first-order valence-electron chi connectivity index (χ1n) is 7.31. The van der Waals surface area contributed by atoms with Crippen molar-refractivity contribution in [3.8, 4) is 5.75 Å². The summed E-state index contributed by atoms with van der Waals surface area (Å²) in [5.74, 6) is 1.05. The van der Waals surface area contributed by atoms with Gasteiger partial charge in [-0.15, -0.1) is 0 Å². The summed E-state index contributed by atoms with van der Waals surface area (Å²) in [6.45, 7) is 2.85. The highest BCUT2D eigenvalue weighted by molar-refractivity contribution is 7.89. The molecule has 1 aliphatic heterocycles. The van der Waals surface area contributed by atoms with Gasteiger partial charge >= 0.3 is 0 Å². The van der Waals surface area contributed by atoms with Crippen molar-refractivity contribution < 1.29 is 13.2 Å². The van der Waals surface area contributed by atoms with Gasteiger partial charge in [-0.1, -0.05) is 35.9 Å². The number of hydrogen-bond donors (Lipinski definition) is 1. The SMILES string of the molecule is Cc1ccc(S(=O)(=O)NCC2COc3ccccc3C2)cc1. The van der Waals surface area contributed by atoms with Crippen LogP contribution in [-0.4, -0.2) is 21.6 Å². The van der Waals surface area contributed by atoms with E-state index in [2.05, 4.69) is 4.72 Å². The normalized spacial score (nSPS) is 17.6. The molecule has 1 unspecified atom stereocenters. The molecule has 0 aromatic heterocycles. The molecule has 116 valence electrons. The summed E-state index contributed by atoms with van der Waals surface area (Å²) >= 11 is 0. The second-order valence-corrected chi connectivity index (χ2v) is 7.42. The summed E-state index contributed by atoms with van der Waals surface area (Å²) in [6.07, 6.45) is 0.826. The second kappa shape index (κ2) is 6.10. The summed E-state index contributed by atoms with van der Waals surface area (Å²) in [7, 11) is -3.46. The monoisotopic (exact) mass is 317 g/mol. The van der Waals surface area contributed by atoms with Crippen LogP contribution in [0.15, 0.2) is 53.4 Å². The molecule has 1 N–H and O–H groups in total. The average molecular weight is 317 g/mol. The summed E-state index contributed by atoms with van der Waals surface area (Å²) in [5, 5.41) is 0. The molecule has 0 saturated heterocycles. The average Bonchev–Trinajstić information content (AvgIpc) is 2.53. The Morgan fingerprint density at radius 2 is 1.86 bits per heavy atom. The Bertz CT molecular complexity index is 754. The van der Waals surface area contributed by atoms with Crippen LogP contribution < -0.4 is 9.46 Å². The molecule has 0 radical (unpaired) electrons. The van der Waals surface area contributed by atoms with Gasteiger partial charge in [0, 0.05) is 12.5 Å². The van der Waals surface area contributed by atoms with Crippen LogP contribution in [0.5, 0.6) is 5.75 Å². The van der Waals surface area contributed by atoms with E-state index in [0.717, 1.165) is 23.3 Å². The van der Waals surface area contributed by atoms with Crippen molar-refractivity contribution in [1.29, 1.82) is 0 Å². The smallest absolute Gasteiger partial charge is 0.240 e. The molecule has 1 heterocycles. The minimum Gasteiger partial charge on any atom is -0.493 e. The molecule has 4 nitrogen and oxygen atoms in total. The third-order valence-electron chi connectivity index (χ3n) is 3.85. The summed E-state index contributed by atoms with van der Waals surface area (Å²) < 4.78 is 32.9. The van der Waals surface area contributed by atoms with Crippen molar-refractivity contribution in [2.45, 2.75) is 18.2 Å². The maximum atomic E-state index is 12.3. The van der Waals surface area contributed by atoms with E-state index < -0.39 is 10.0 Å². The third kappa shape index (κ3) is 3.31. The highest BCUT2D eigenvalue weighted by atomic mass is 32.2. The Morgan fingerprint density at radius 3 is 2.64 bits per heavy atom. The molecule has 0 amide bonds. The van der Waals surface area contributed by atoms with E-state index >= 15 is 0 Å². The highest BCUT2D eigenvalue weighted by Crippen LogP contribution is 2.26. The molecule has 0 spiro atoms. The molecule has 2 aromatic rings. The van der Waals surface area contributed by atoms with Gasteiger partial charge in [0.1, 0.15) is 5.75 Å². The number of hydrogen-bond acceptors (Lipinski definition) is 3. The van der Waals surface area contributed by atoms with E-state index in [9.17, 15) is 8.42 Å². The van der Waals surface area contributed by atoms with Gasteiger partial charge in [0.2, 0.25) is 10.0 Å². The molecular weight excluding hydrogens is 298 g/mol. The standard InChI is InChI=1S/C17H19NO3S/c1-13-6-8-16(9-7-13)22(19,20)18-11-14-10-15-4-2-3-5-17(15)21-12-14/h2-9,14,18H,10-12H2,1H3. The lowest BCUT2D eigenvalue weighted by Crippen LogP contribution is -2.34. The van der Waals surface area contributed by atoms with Crippen LogP contribution in [-0.2, 0) is 16.4 Å². The van der Waals surface area contributed by atoms with Crippen LogP contribution in [0.4, 0.5) is 0 Å². The second-order valence-electron chi connectivity index (χ2n) is 5.65. The van der Waals surface area contributed by atoms with Crippen LogP contribution in [0.25, 0.3) is 0 Å². The molecule has 2 aromatic carbocycles. The third-order valence-corrected chi connectivity index (χ3v) is 5.29. The topological polar surface area (TPSA) is 55.4 Å². The van der Waals surface area contributed by atoms with E-state index in [1.807, 2.05) is 31.2 Å². The number of rotatable bonds is 4. The van der Waals surface area contributed by atoms with Crippen molar-refractivity contribution in [2.75, 3.05) is 13.2 Å². The molecule has 0 aliphatic carbocycles. The van der Waals surface area contributed by atoms with E-state index in [4.69, 9.17) is 4.74 Å². The van der Waals surface area contributed by atoms with Gasteiger partial charge in [0.05, 0.1) is 11.5 Å². The van der Waals surface area contributed by atoms with Crippen molar-refractivity contribution in [3.63, 3.8) is 0 Å². The quantitative estimate of drug-likeness (QED) is 0.943. The van der Waals surface area contributed by atoms with Crippen LogP contribution in [0, 0.1) is 12.8 Å². The lowest BCUT2D eigenvalue weighted by molar-refractivity contribution is 0.223. The Kier molecular flexibility index (Phi) is 4.18. The minimum absolute atomic E-state index is 0.148. The van der Waals surface area contributed by atoms with E-state index in [0.29, 0.717) is 18.0 Å². The predicted molar refractivity (Wildman–Crippen MR) is 85.5 cm³/mol. The van der Waals surface area contributed by atoms with Gasteiger partial charge in [-0.25, -0.2) is 13.1 Å². The largest absolute Gasteiger partial charge is 0.493 e. The number of para-hydroxylation sites is 1. The van der Waals surface area contributed by atoms with Crippen molar-refractivity contribution in [3.05, 3.63) is 59.7 Å². The molecule has 3 rings (SSSR count). The van der Waals surface area contributed by atoms with E-state index in [1.54, 1.807) is 24.3 Å². The fourth-order valence-electron chi connectivity index (χ4n) is 2.55. The van der Waals surface area contributed by atoms with Crippen LogP contribution in [0.2, 0.25) is 0 Å². The van der Waals surface area contributed by atoms with E-state index in [-0.39, 0.29) is 5.92 Å². The number of benzene rings is 2. The van der Waals surface area contributed by atoms with Crippen LogP contribution in [0.1, 0.15) is 11.1 Å². The molecule has 22 heavy (non-hydrogen) atoms. The zero-order valence-electron chi connectivity index (χ0n) is 12.5. The fraction of sp³-hybridized carbons (Fsp3) is 0.294. The zero-order valence-corrected chi connectivity index (χ0v) is 13.3. The number of ether oxygens (including phenoxy) is 1. The summed E-state index contributed by atoms with van der Waals surface area (Å²) in [4.78, 5) is 0.301. The first-order valence-corrected chi connectivity index (χ1v) is 8.80. The highest BCUT2D eigenvalue weighted by Gasteiger charge is 2.22. The van der Waals surface area contributed by atoms with E-state index in [1.165, 1.54) is 0 Å².